The third-order valence-electron chi connectivity index (χ3n) is 3.78. The lowest BCUT2D eigenvalue weighted by Gasteiger charge is -2.13. The van der Waals surface area contributed by atoms with Crippen LogP contribution in [-0.4, -0.2) is 27.0 Å². The van der Waals surface area contributed by atoms with E-state index in [1.54, 1.807) is 26.8 Å². The van der Waals surface area contributed by atoms with E-state index < -0.39 is 10.0 Å². The van der Waals surface area contributed by atoms with Gasteiger partial charge in [0.2, 0.25) is 10.0 Å². The van der Waals surface area contributed by atoms with E-state index in [0.29, 0.717) is 17.9 Å². The highest BCUT2D eigenvalue weighted by atomic mass is 32.2. The number of amides is 1. The molecule has 2 rings (SSSR count). The lowest BCUT2D eigenvalue weighted by molar-refractivity contribution is -0.123. The van der Waals surface area contributed by atoms with Crippen LogP contribution in [0.15, 0.2) is 47.4 Å². The third-order valence-corrected chi connectivity index (χ3v) is 5.43. The third kappa shape index (κ3) is 6.37. The molecule has 0 aliphatic rings. The van der Waals surface area contributed by atoms with Gasteiger partial charge in [0.15, 0.2) is 6.61 Å². The number of sulfonamides is 1. The van der Waals surface area contributed by atoms with Crippen LogP contribution >= 0.6 is 0 Å². The first-order valence-corrected chi connectivity index (χ1v) is 10.2. The number of hydrogen-bond acceptors (Lipinski definition) is 4. The Balaban J connectivity index is 1.93. The molecule has 27 heavy (non-hydrogen) atoms. The fraction of sp³-hybridized carbons (Fsp3) is 0.350. The van der Waals surface area contributed by atoms with Crippen molar-refractivity contribution in [1.82, 2.24) is 10.0 Å². The van der Waals surface area contributed by atoms with E-state index in [1.807, 2.05) is 31.2 Å². The monoisotopic (exact) mass is 390 g/mol. The number of aryl methyl sites for hydroxylation is 2. The Kier molecular flexibility index (Phi) is 6.98. The molecular weight excluding hydrogens is 364 g/mol. The maximum absolute atomic E-state index is 12.2. The van der Waals surface area contributed by atoms with Gasteiger partial charge in [-0.15, -0.1) is 0 Å². The van der Waals surface area contributed by atoms with Gasteiger partial charge in [-0.25, -0.2) is 13.1 Å². The first kappa shape index (κ1) is 20.9. The Morgan fingerprint density at radius 2 is 1.85 bits per heavy atom. The summed E-state index contributed by atoms with van der Waals surface area (Å²) in [4.78, 5) is 12.2. The van der Waals surface area contributed by atoms with E-state index in [2.05, 4.69) is 10.0 Å². The number of rotatable bonds is 8. The first-order chi connectivity index (χ1) is 12.7. The smallest absolute Gasteiger partial charge is 0.258 e. The van der Waals surface area contributed by atoms with Crippen molar-refractivity contribution in [2.75, 3.05) is 6.61 Å². The van der Waals surface area contributed by atoms with Gasteiger partial charge in [-0.2, -0.15) is 0 Å². The second-order valence-corrected chi connectivity index (χ2v) is 8.47. The van der Waals surface area contributed by atoms with Gasteiger partial charge in [-0.3, -0.25) is 4.79 Å². The van der Waals surface area contributed by atoms with E-state index in [-0.39, 0.29) is 23.5 Å². The molecule has 1 amide bonds. The number of carbonyl (C=O) groups is 1. The van der Waals surface area contributed by atoms with Gasteiger partial charge < -0.3 is 10.1 Å². The predicted octanol–water partition coefficient (Wildman–Crippen LogP) is 2.69. The summed E-state index contributed by atoms with van der Waals surface area (Å²) < 4.78 is 32.5. The summed E-state index contributed by atoms with van der Waals surface area (Å²) in [6.07, 6.45) is 0. The molecule has 7 heteroatoms. The quantitative estimate of drug-likeness (QED) is 0.726. The fourth-order valence-corrected chi connectivity index (χ4v) is 3.88. The van der Waals surface area contributed by atoms with Crippen LogP contribution in [0.4, 0.5) is 0 Å². The van der Waals surface area contributed by atoms with E-state index >= 15 is 0 Å². The molecule has 0 bridgehead atoms. The molecule has 2 N–H and O–H groups in total. The Morgan fingerprint density at radius 3 is 2.48 bits per heavy atom. The minimum Gasteiger partial charge on any atom is -0.484 e. The topological polar surface area (TPSA) is 84.5 Å². The van der Waals surface area contributed by atoms with Gasteiger partial charge in [0.1, 0.15) is 5.75 Å². The largest absolute Gasteiger partial charge is 0.484 e. The van der Waals surface area contributed by atoms with Crippen LogP contribution in [-0.2, 0) is 21.4 Å². The summed E-state index contributed by atoms with van der Waals surface area (Å²) in [5.41, 5.74) is 2.80. The Labute approximate surface area is 161 Å². The van der Waals surface area contributed by atoms with Gasteiger partial charge in [-0.1, -0.05) is 29.8 Å². The average molecular weight is 391 g/mol. The number of ether oxygens (including phenoxy) is 1. The van der Waals surface area contributed by atoms with Gasteiger partial charge in [0.05, 0.1) is 4.90 Å². The van der Waals surface area contributed by atoms with Crippen LogP contribution in [0.5, 0.6) is 5.75 Å². The van der Waals surface area contributed by atoms with Crippen LogP contribution in [0, 0.1) is 13.8 Å². The summed E-state index contributed by atoms with van der Waals surface area (Å²) in [5.74, 6) is 0.235. The number of carbonyl (C=O) groups excluding carboxylic acids is 1. The average Bonchev–Trinajstić information content (AvgIpc) is 2.57. The van der Waals surface area contributed by atoms with Crippen molar-refractivity contribution >= 4 is 15.9 Å². The molecular formula is C20H26N2O4S. The molecule has 0 unspecified atom stereocenters. The molecule has 0 aliphatic heterocycles. The highest BCUT2D eigenvalue weighted by Crippen LogP contribution is 2.22. The van der Waals surface area contributed by atoms with E-state index in [0.717, 1.165) is 11.1 Å². The molecule has 146 valence electrons. The molecule has 0 aliphatic carbocycles. The van der Waals surface area contributed by atoms with E-state index in [9.17, 15) is 13.2 Å². The predicted molar refractivity (Wildman–Crippen MR) is 105 cm³/mol. The van der Waals surface area contributed by atoms with Crippen molar-refractivity contribution in [3.8, 4) is 5.75 Å². The van der Waals surface area contributed by atoms with E-state index in [1.165, 1.54) is 12.1 Å². The first-order valence-electron chi connectivity index (χ1n) is 8.75. The van der Waals surface area contributed by atoms with Crippen LogP contribution in [0.3, 0.4) is 0 Å². The summed E-state index contributed by atoms with van der Waals surface area (Å²) >= 11 is 0. The lowest BCUT2D eigenvalue weighted by atomic mass is 10.1. The Morgan fingerprint density at radius 1 is 1.11 bits per heavy atom. The fourth-order valence-electron chi connectivity index (χ4n) is 2.55. The van der Waals surface area contributed by atoms with Crippen LogP contribution in [0.2, 0.25) is 0 Å². The zero-order valence-electron chi connectivity index (χ0n) is 16.1. The highest BCUT2D eigenvalue weighted by molar-refractivity contribution is 7.89. The van der Waals surface area contributed by atoms with Gasteiger partial charge >= 0.3 is 0 Å². The van der Waals surface area contributed by atoms with Crippen molar-refractivity contribution in [2.45, 2.75) is 45.2 Å². The summed E-state index contributed by atoms with van der Waals surface area (Å²) in [5, 5.41) is 2.80. The molecule has 6 nitrogen and oxygen atoms in total. The summed E-state index contributed by atoms with van der Waals surface area (Å²) in [7, 11) is -3.56. The lowest BCUT2D eigenvalue weighted by Crippen LogP contribution is -2.30. The second-order valence-electron chi connectivity index (χ2n) is 6.76. The molecule has 2 aromatic rings. The van der Waals surface area contributed by atoms with Gasteiger partial charge in [0.25, 0.3) is 5.91 Å². The normalized spacial score (nSPS) is 11.4. The van der Waals surface area contributed by atoms with Crippen molar-refractivity contribution in [3.05, 3.63) is 59.2 Å². The molecule has 2 aromatic carbocycles. The van der Waals surface area contributed by atoms with Crippen molar-refractivity contribution in [2.24, 2.45) is 0 Å². The zero-order chi connectivity index (χ0) is 20.0. The second kappa shape index (κ2) is 9.01. The minimum atomic E-state index is -3.56. The Hall–Kier alpha value is -2.38. The number of nitrogens with one attached hydrogen (secondary N) is 2. The molecule has 0 fully saturated rings. The Bertz CT molecular complexity index is 908. The summed E-state index contributed by atoms with van der Waals surface area (Å²) in [6, 6.07) is 12.3. The van der Waals surface area contributed by atoms with Crippen LogP contribution in [0.25, 0.3) is 0 Å². The summed E-state index contributed by atoms with van der Waals surface area (Å²) in [6.45, 7) is 7.56. The van der Waals surface area contributed by atoms with E-state index in [4.69, 9.17) is 4.74 Å². The van der Waals surface area contributed by atoms with Gasteiger partial charge in [-0.05, 0) is 57.0 Å². The maximum atomic E-state index is 12.2. The van der Waals surface area contributed by atoms with Crippen molar-refractivity contribution in [3.63, 3.8) is 0 Å². The van der Waals surface area contributed by atoms with Crippen molar-refractivity contribution in [1.29, 1.82) is 0 Å². The zero-order valence-corrected chi connectivity index (χ0v) is 16.9. The molecule has 0 saturated carbocycles. The molecule has 0 radical (unpaired) electrons. The van der Waals surface area contributed by atoms with Crippen LogP contribution < -0.4 is 14.8 Å². The van der Waals surface area contributed by atoms with Crippen molar-refractivity contribution < 1.29 is 17.9 Å². The number of hydrogen-bond donors (Lipinski definition) is 2. The SMILES string of the molecule is Cc1cccc(CNC(=O)COc2ccc(S(=O)(=O)NC(C)C)cc2C)c1. The molecule has 0 heterocycles. The van der Waals surface area contributed by atoms with Crippen LogP contribution in [0.1, 0.15) is 30.5 Å². The molecule has 0 spiro atoms. The highest BCUT2D eigenvalue weighted by Gasteiger charge is 2.16. The number of benzene rings is 2. The minimum absolute atomic E-state index is 0.136. The van der Waals surface area contributed by atoms with Gasteiger partial charge in [0, 0.05) is 12.6 Å². The molecule has 0 aromatic heterocycles. The standard InChI is InChI=1S/C20H26N2O4S/c1-14(2)22-27(24,25)18-8-9-19(16(4)11-18)26-13-20(23)21-12-17-7-5-6-15(3)10-17/h5-11,14,22H,12-13H2,1-4H3,(H,21,23). The maximum Gasteiger partial charge on any atom is 0.258 e. The molecule has 0 atom stereocenters. The molecule has 0 saturated heterocycles.